The van der Waals surface area contributed by atoms with E-state index < -0.39 is 24.1 Å². The Morgan fingerprint density at radius 2 is 2.00 bits per heavy atom. The van der Waals surface area contributed by atoms with Gasteiger partial charge in [-0.2, -0.15) is 0 Å². The van der Waals surface area contributed by atoms with Crippen molar-refractivity contribution in [3.8, 4) is 0 Å². The van der Waals surface area contributed by atoms with Crippen LogP contribution in [0.5, 0.6) is 0 Å². The lowest BCUT2D eigenvalue weighted by molar-refractivity contribution is -0.523. The molecular weight excluding hydrogens is 362 g/mol. The molecule has 0 N–H and O–H groups in total. The molecule has 0 bridgehead atoms. The van der Waals surface area contributed by atoms with Crippen LogP contribution in [0.2, 0.25) is 0 Å². The van der Waals surface area contributed by atoms with E-state index in [2.05, 4.69) is 0 Å². The van der Waals surface area contributed by atoms with Crippen molar-refractivity contribution < 1.29 is 24.0 Å². The van der Waals surface area contributed by atoms with Crippen LogP contribution in [0, 0.1) is 10.1 Å². The second-order valence-corrected chi connectivity index (χ2v) is 6.43. The van der Waals surface area contributed by atoms with Gasteiger partial charge < -0.3 is 9.47 Å². The first kappa shape index (κ1) is 21.1. The normalized spacial score (nSPS) is 17.9. The largest absolute Gasteiger partial charge is 0.458 e. The maximum absolute atomic E-state index is 11.8. The molecule has 2 rings (SSSR count). The Hall–Kier alpha value is -3.22. The molecule has 1 aromatic carbocycles. The van der Waals surface area contributed by atoms with Gasteiger partial charge in [-0.15, -0.1) is 0 Å². The molecule has 0 aliphatic heterocycles. The fourth-order valence-electron chi connectivity index (χ4n) is 2.66. The minimum atomic E-state index is -0.617. The van der Waals surface area contributed by atoms with E-state index in [1.807, 2.05) is 36.4 Å². The van der Waals surface area contributed by atoms with E-state index in [0.29, 0.717) is 19.3 Å². The van der Waals surface area contributed by atoms with Crippen molar-refractivity contribution >= 4 is 11.9 Å². The summed E-state index contributed by atoms with van der Waals surface area (Å²) in [6, 6.07) is 8.68. The van der Waals surface area contributed by atoms with Gasteiger partial charge in [0.2, 0.25) is 6.04 Å². The topological polar surface area (TPSA) is 95.7 Å². The summed E-state index contributed by atoms with van der Waals surface area (Å²) >= 11 is 0. The highest BCUT2D eigenvalue weighted by atomic mass is 16.6. The number of rotatable bonds is 8. The predicted octanol–water partition coefficient (Wildman–Crippen LogP) is 3.53. The molecule has 148 valence electrons. The van der Waals surface area contributed by atoms with Gasteiger partial charge in [-0.25, -0.2) is 9.59 Å². The quantitative estimate of drug-likeness (QED) is 0.294. The molecule has 0 spiro atoms. The van der Waals surface area contributed by atoms with Crippen LogP contribution in [0.3, 0.4) is 0 Å². The number of hydrogen-bond donors (Lipinski definition) is 0. The Balaban J connectivity index is 1.74. The van der Waals surface area contributed by atoms with Crippen molar-refractivity contribution in [2.24, 2.45) is 0 Å². The third-order valence-corrected chi connectivity index (χ3v) is 4.14. The average Bonchev–Trinajstić information content (AvgIpc) is 2.70. The van der Waals surface area contributed by atoms with Crippen LogP contribution in [0.15, 0.2) is 66.3 Å². The number of benzene rings is 1. The molecule has 1 aromatic rings. The molecule has 1 unspecified atom stereocenters. The lowest BCUT2D eigenvalue weighted by Gasteiger charge is -2.14. The molecule has 0 radical (unpaired) electrons. The maximum Gasteiger partial charge on any atom is 0.331 e. The highest BCUT2D eigenvalue weighted by Gasteiger charge is 2.23. The SMILES string of the molecule is C[C@H](/C=C\C(=O)OCc1ccccc1)OC(=O)/C=C/C1=CCCC([N+](=O)[O-])C1. The monoisotopic (exact) mass is 385 g/mol. The molecule has 7 nitrogen and oxygen atoms in total. The Kier molecular flexibility index (Phi) is 8.14. The smallest absolute Gasteiger partial charge is 0.331 e. The fraction of sp³-hybridized carbons (Fsp3) is 0.333. The number of carbonyl (C=O) groups excluding carboxylic acids is 2. The Morgan fingerprint density at radius 3 is 2.71 bits per heavy atom. The molecule has 0 aromatic heterocycles. The van der Waals surface area contributed by atoms with Gasteiger partial charge in [-0.05, 0) is 30.6 Å². The van der Waals surface area contributed by atoms with Crippen molar-refractivity contribution in [2.75, 3.05) is 0 Å². The van der Waals surface area contributed by atoms with Crippen LogP contribution in [-0.2, 0) is 25.7 Å². The van der Waals surface area contributed by atoms with Gasteiger partial charge in [0.25, 0.3) is 0 Å². The highest BCUT2D eigenvalue weighted by molar-refractivity contribution is 5.83. The maximum atomic E-state index is 11.8. The standard InChI is InChI=1S/C21H23NO6/c1-16(10-12-20(23)27-15-18-6-3-2-4-7-18)28-21(24)13-11-17-8-5-9-19(14-17)22(25)26/h2-4,6-8,10-13,16,19H,5,9,14-15H2,1H3/b12-10-,13-11+/t16-,19?/m1/s1. The van der Waals surface area contributed by atoms with E-state index in [-0.39, 0.29) is 11.5 Å². The number of nitro groups is 1. The van der Waals surface area contributed by atoms with Gasteiger partial charge in [-0.1, -0.05) is 42.5 Å². The minimum Gasteiger partial charge on any atom is -0.458 e. The number of nitrogens with zero attached hydrogens (tertiary/aromatic N) is 1. The fourth-order valence-corrected chi connectivity index (χ4v) is 2.66. The summed E-state index contributed by atoms with van der Waals surface area (Å²) in [7, 11) is 0. The summed E-state index contributed by atoms with van der Waals surface area (Å²) in [6.07, 6.45) is 8.14. The Labute approximate surface area is 163 Å². The third-order valence-electron chi connectivity index (χ3n) is 4.14. The predicted molar refractivity (Wildman–Crippen MR) is 103 cm³/mol. The number of esters is 2. The molecule has 0 fully saturated rings. The van der Waals surface area contributed by atoms with Crippen LogP contribution in [0.4, 0.5) is 0 Å². The third kappa shape index (κ3) is 7.57. The van der Waals surface area contributed by atoms with Crippen LogP contribution < -0.4 is 0 Å². The van der Waals surface area contributed by atoms with E-state index in [9.17, 15) is 19.7 Å². The summed E-state index contributed by atoms with van der Waals surface area (Å²) in [4.78, 5) is 34.1. The first-order chi connectivity index (χ1) is 13.4. The Bertz CT molecular complexity index is 781. The summed E-state index contributed by atoms with van der Waals surface area (Å²) in [5.74, 6) is -1.11. The van der Waals surface area contributed by atoms with Crippen molar-refractivity contribution in [1.82, 2.24) is 0 Å². The van der Waals surface area contributed by atoms with E-state index in [4.69, 9.17) is 9.47 Å². The lowest BCUT2D eigenvalue weighted by Crippen LogP contribution is -2.22. The second-order valence-electron chi connectivity index (χ2n) is 6.43. The van der Waals surface area contributed by atoms with Gasteiger partial charge >= 0.3 is 11.9 Å². The van der Waals surface area contributed by atoms with E-state index in [1.54, 1.807) is 13.0 Å². The first-order valence-corrected chi connectivity index (χ1v) is 9.04. The van der Waals surface area contributed by atoms with Crippen molar-refractivity contribution in [1.29, 1.82) is 0 Å². The number of hydrogen-bond acceptors (Lipinski definition) is 6. The molecule has 28 heavy (non-hydrogen) atoms. The molecule has 2 atom stereocenters. The summed E-state index contributed by atoms with van der Waals surface area (Å²) in [6.45, 7) is 1.79. The van der Waals surface area contributed by atoms with Crippen molar-refractivity contribution in [2.45, 2.75) is 44.9 Å². The summed E-state index contributed by atoms with van der Waals surface area (Å²) in [5.41, 5.74) is 1.63. The van der Waals surface area contributed by atoms with E-state index >= 15 is 0 Å². The van der Waals surface area contributed by atoms with Crippen LogP contribution in [0.25, 0.3) is 0 Å². The van der Waals surface area contributed by atoms with Crippen molar-refractivity contribution in [3.05, 3.63) is 82.0 Å². The second kappa shape index (κ2) is 10.8. The van der Waals surface area contributed by atoms with Gasteiger partial charge in [0, 0.05) is 29.9 Å². The van der Waals surface area contributed by atoms with Crippen molar-refractivity contribution in [3.63, 3.8) is 0 Å². The Morgan fingerprint density at radius 1 is 1.25 bits per heavy atom. The van der Waals surface area contributed by atoms with Crippen LogP contribution in [-0.4, -0.2) is 29.0 Å². The molecule has 0 amide bonds. The lowest BCUT2D eigenvalue weighted by atomic mass is 9.95. The molecule has 1 aliphatic rings. The molecule has 0 heterocycles. The zero-order valence-electron chi connectivity index (χ0n) is 15.7. The summed E-state index contributed by atoms with van der Waals surface area (Å²) in [5, 5.41) is 10.9. The molecule has 7 heteroatoms. The van der Waals surface area contributed by atoms with E-state index in [0.717, 1.165) is 11.1 Å². The van der Waals surface area contributed by atoms with E-state index in [1.165, 1.54) is 18.2 Å². The molecule has 0 saturated carbocycles. The first-order valence-electron chi connectivity index (χ1n) is 9.04. The van der Waals surface area contributed by atoms with Gasteiger partial charge in [0.15, 0.2) is 0 Å². The van der Waals surface area contributed by atoms with Crippen LogP contribution >= 0.6 is 0 Å². The molecular formula is C21H23NO6. The zero-order chi connectivity index (χ0) is 20.4. The highest BCUT2D eigenvalue weighted by Crippen LogP contribution is 2.21. The number of carbonyl (C=O) groups is 2. The van der Waals surface area contributed by atoms with Gasteiger partial charge in [-0.3, -0.25) is 10.1 Å². The van der Waals surface area contributed by atoms with Gasteiger partial charge in [0.1, 0.15) is 12.7 Å². The average molecular weight is 385 g/mol. The number of ether oxygens (including phenoxy) is 2. The number of allylic oxidation sites excluding steroid dienone is 2. The van der Waals surface area contributed by atoms with Crippen LogP contribution in [0.1, 0.15) is 31.7 Å². The minimum absolute atomic E-state index is 0.168. The zero-order valence-corrected chi connectivity index (χ0v) is 15.7. The molecule has 1 aliphatic carbocycles. The summed E-state index contributed by atoms with van der Waals surface area (Å²) < 4.78 is 10.2. The van der Waals surface area contributed by atoms with Gasteiger partial charge in [0.05, 0.1) is 0 Å². The molecule has 0 saturated heterocycles.